The van der Waals surface area contributed by atoms with Gasteiger partial charge in [-0.15, -0.1) is 0 Å². The summed E-state index contributed by atoms with van der Waals surface area (Å²) < 4.78 is 10.7. The lowest BCUT2D eigenvalue weighted by molar-refractivity contribution is 0.0913. The van der Waals surface area contributed by atoms with Crippen molar-refractivity contribution in [2.75, 3.05) is 14.2 Å². The lowest BCUT2D eigenvalue weighted by Gasteiger charge is -2.22. The molecule has 1 aliphatic carbocycles. The highest BCUT2D eigenvalue weighted by Crippen LogP contribution is 2.44. The second-order valence-electron chi connectivity index (χ2n) is 5.44. The van der Waals surface area contributed by atoms with E-state index in [1.165, 1.54) is 0 Å². The van der Waals surface area contributed by atoms with Crippen LogP contribution in [0.15, 0.2) is 36.7 Å². The van der Waals surface area contributed by atoms with Crippen molar-refractivity contribution in [3.05, 3.63) is 53.3 Å². The van der Waals surface area contributed by atoms with Crippen LogP contribution in [-0.2, 0) is 11.8 Å². The number of aromatic nitrogens is 1. The molecule has 0 amide bonds. The van der Waals surface area contributed by atoms with Crippen LogP contribution in [-0.4, -0.2) is 25.0 Å². The molecule has 0 saturated heterocycles. The van der Waals surface area contributed by atoms with E-state index >= 15 is 0 Å². The summed E-state index contributed by atoms with van der Waals surface area (Å²) in [6.45, 7) is 1.97. The predicted molar refractivity (Wildman–Crippen MR) is 79.2 cm³/mol. The third-order valence-corrected chi connectivity index (χ3v) is 4.20. The first kappa shape index (κ1) is 13.6. The molecule has 1 aliphatic rings. The Morgan fingerprint density at radius 2 is 1.86 bits per heavy atom. The van der Waals surface area contributed by atoms with Gasteiger partial charge in [0.15, 0.2) is 5.78 Å². The van der Waals surface area contributed by atoms with Gasteiger partial charge >= 0.3 is 0 Å². The number of Topliss-reactive ketones (excluding diaryl/α,β-unsaturated/α-hetero) is 1. The standard InChI is InChI=1S/C17H17NO3/c1-17(12-4-6-18-7-5-12)10-11-8-13(20-2)9-14(21-3)15(11)16(17)19/h4-9H,10H2,1-3H3. The maximum absolute atomic E-state index is 13.0. The quantitative estimate of drug-likeness (QED) is 0.869. The molecule has 0 N–H and O–H groups in total. The predicted octanol–water partition coefficient (Wildman–Crippen LogP) is 2.80. The minimum Gasteiger partial charge on any atom is -0.497 e. The summed E-state index contributed by atoms with van der Waals surface area (Å²) in [4.78, 5) is 17.0. The zero-order chi connectivity index (χ0) is 15.0. The van der Waals surface area contributed by atoms with Gasteiger partial charge in [0.1, 0.15) is 11.5 Å². The molecule has 0 spiro atoms. The fraction of sp³-hybridized carbons (Fsp3) is 0.294. The number of fused-ring (bicyclic) bond motifs is 1. The minimum absolute atomic E-state index is 0.0863. The summed E-state index contributed by atoms with van der Waals surface area (Å²) in [5.41, 5.74) is 2.03. The highest BCUT2D eigenvalue weighted by molar-refractivity contribution is 6.10. The largest absolute Gasteiger partial charge is 0.497 e. The van der Waals surface area contributed by atoms with Crippen LogP contribution in [0.2, 0.25) is 0 Å². The Bertz CT molecular complexity index is 697. The van der Waals surface area contributed by atoms with Gasteiger partial charge in [0.25, 0.3) is 0 Å². The Balaban J connectivity index is 2.14. The van der Waals surface area contributed by atoms with E-state index in [1.807, 2.05) is 25.1 Å². The number of rotatable bonds is 3. The van der Waals surface area contributed by atoms with Crippen molar-refractivity contribution in [2.24, 2.45) is 0 Å². The van der Waals surface area contributed by atoms with E-state index in [1.54, 1.807) is 32.7 Å². The number of carbonyl (C=O) groups is 1. The van der Waals surface area contributed by atoms with Crippen LogP contribution in [0.25, 0.3) is 0 Å². The molecule has 4 heteroatoms. The molecular formula is C17H17NO3. The average Bonchev–Trinajstić information content (AvgIpc) is 2.79. The molecule has 1 atom stereocenters. The van der Waals surface area contributed by atoms with Crippen molar-refractivity contribution in [2.45, 2.75) is 18.8 Å². The van der Waals surface area contributed by atoms with Crippen molar-refractivity contribution >= 4 is 5.78 Å². The average molecular weight is 283 g/mol. The number of pyridine rings is 1. The molecule has 0 radical (unpaired) electrons. The van der Waals surface area contributed by atoms with E-state index in [4.69, 9.17) is 9.47 Å². The van der Waals surface area contributed by atoms with Crippen LogP contribution in [0, 0.1) is 0 Å². The molecule has 0 aliphatic heterocycles. The second kappa shape index (κ2) is 4.88. The molecule has 2 aromatic rings. The fourth-order valence-electron chi connectivity index (χ4n) is 3.01. The number of ether oxygens (including phenoxy) is 2. The van der Waals surface area contributed by atoms with E-state index in [0.29, 0.717) is 23.5 Å². The molecule has 1 aromatic carbocycles. The molecule has 0 fully saturated rings. The smallest absolute Gasteiger partial charge is 0.177 e. The molecular weight excluding hydrogens is 266 g/mol. The van der Waals surface area contributed by atoms with Crippen LogP contribution in [0.4, 0.5) is 0 Å². The van der Waals surface area contributed by atoms with E-state index in [-0.39, 0.29) is 5.78 Å². The zero-order valence-corrected chi connectivity index (χ0v) is 12.3. The van der Waals surface area contributed by atoms with Gasteiger partial charge in [-0.25, -0.2) is 0 Å². The number of benzene rings is 1. The molecule has 1 heterocycles. The van der Waals surface area contributed by atoms with Gasteiger partial charge in [-0.1, -0.05) is 0 Å². The number of hydrogen-bond donors (Lipinski definition) is 0. The first-order valence-corrected chi connectivity index (χ1v) is 6.80. The van der Waals surface area contributed by atoms with Crippen molar-refractivity contribution < 1.29 is 14.3 Å². The van der Waals surface area contributed by atoms with Crippen molar-refractivity contribution in [1.82, 2.24) is 4.98 Å². The van der Waals surface area contributed by atoms with E-state index in [9.17, 15) is 4.79 Å². The summed E-state index contributed by atoms with van der Waals surface area (Å²) in [5, 5.41) is 0. The van der Waals surface area contributed by atoms with Crippen LogP contribution in [0.1, 0.15) is 28.4 Å². The minimum atomic E-state index is -0.578. The zero-order valence-electron chi connectivity index (χ0n) is 12.3. The molecule has 108 valence electrons. The molecule has 0 saturated carbocycles. The highest BCUT2D eigenvalue weighted by Gasteiger charge is 2.44. The molecule has 1 unspecified atom stereocenters. The number of nitrogens with zero attached hydrogens (tertiary/aromatic N) is 1. The van der Waals surface area contributed by atoms with Gasteiger partial charge in [-0.3, -0.25) is 9.78 Å². The molecule has 1 aromatic heterocycles. The summed E-state index contributed by atoms with van der Waals surface area (Å²) in [6, 6.07) is 7.47. The Hall–Kier alpha value is -2.36. The lowest BCUT2D eigenvalue weighted by atomic mass is 9.79. The number of carbonyl (C=O) groups excluding carboxylic acids is 1. The summed E-state index contributed by atoms with van der Waals surface area (Å²) >= 11 is 0. The molecule has 3 rings (SSSR count). The van der Waals surface area contributed by atoms with Gasteiger partial charge in [0, 0.05) is 18.5 Å². The highest BCUT2D eigenvalue weighted by atomic mass is 16.5. The van der Waals surface area contributed by atoms with Gasteiger partial charge < -0.3 is 9.47 Å². The third kappa shape index (κ3) is 1.98. The maximum Gasteiger partial charge on any atom is 0.177 e. The molecule has 0 bridgehead atoms. The first-order valence-electron chi connectivity index (χ1n) is 6.80. The van der Waals surface area contributed by atoms with E-state index in [0.717, 1.165) is 11.1 Å². The maximum atomic E-state index is 13.0. The number of methoxy groups -OCH3 is 2. The van der Waals surface area contributed by atoms with Gasteiger partial charge in [-0.05, 0) is 42.7 Å². The second-order valence-corrected chi connectivity index (χ2v) is 5.44. The third-order valence-electron chi connectivity index (χ3n) is 4.20. The van der Waals surface area contributed by atoms with Crippen LogP contribution < -0.4 is 9.47 Å². The van der Waals surface area contributed by atoms with Crippen LogP contribution in [0.5, 0.6) is 11.5 Å². The number of ketones is 1. The monoisotopic (exact) mass is 283 g/mol. The SMILES string of the molecule is COc1cc2c(c(OC)c1)C(=O)C(C)(c1ccncc1)C2. The Kier molecular flexibility index (Phi) is 3.16. The Labute approximate surface area is 123 Å². The molecule has 21 heavy (non-hydrogen) atoms. The Morgan fingerprint density at radius 1 is 1.14 bits per heavy atom. The topological polar surface area (TPSA) is 48.4 Å². The fourth-order valence-corrected chi connectivity index (χ4v) is 3.01. The van der Waals surface area contributed by atoms with Gasteiger partial charge in [0.2, 0.25) is 0 Å². The van der Waals surface area contributed by atoms with Crippen molar-refractivity contribution in [3.63, 3.8) is 0 Å². The summed E-state index contributed by atoms with van der Waals surface area (Å²) in [5.74, 6) is 1.37. The van der Waals surface area contributed by atoms with Crippen molar-refractivity contribution in [1.29, 1.82) is 0 Å². The van der Waals surface area contributed by atoms with Gasteiger partial charge in [0.05, 0.1) is 25.2 Å². The van der Waals surface area contributed by atoms with E-state index in [2.05, 4.69) is 4.98 Å². The summed E-state index contributed by atoms with van der Waals surface area (Å²) in [6.07, 6.45) is 4.07. The molecule has 4 nitrogen and oxygen atoms in total. The normalized spacial score (nSPS) is 20.2. The number of hydrogen-bond acceptors (Lipinski definition) is 4. The van der Waals surface area contributed by atoms with Gasteiger partial charge in [-0.2, -0.15) is 0 Å². The first-order chi connectivity index (χ1) is 10.1. The van der Waals surface area contributed by atoms with Crippen LogP contribution >= 0.6 is 0 Å². The summed E-state index contributed by atoms with van der Waals surface area (Å²) in [7, 11) is 3.18. The van der Waals surface area contributed by atoms with Crippen LogP contribution in [0.3, 0.4) is 0 Å². The lowest BCUT2D eigenvalue weighted by Crippen LogP contribution is -2.29. The Morgan fingerprint density at radius 3 is 2.48 bits per heavy atom. The van der Waals surface area contributed by atoms with E-state index < -0.39 is 5.41 Å². The van der Waals surface area contributed by atoms with Crippen molar-refractivity contribution in [3.8, 4) is 11.5 Å².